The Hall–Kier alpha value is -5.36. The summed E-state index contributed by atoms with van der Waals surface area (Å²) >= 11 is 0. The second kappa shape index (κ2) is 99.7. The van der Waals surface area contributed by atoms with Gasteiger partial charge in [-0.05, 0) is 89.6 Å². The molecular weight excluding hydrogens is 1760 g/mol. The van der Waals surface area contributed by atoms with Crippen LogP contribution in [0.15, 0.2) is 436 Å². The molecule has 0 saturated heterocycles. The van der Waals surface area contributed by atoms with Crippen LogP contribution in [0.4, 0.5) is 5.69 Å². The van der Waals surface area contributed by atoms with Crippen molar-refractivity contribution in [2.45, 2.75) is 0 Å². The molecule has 10 aromatic heterocycles. The quantitative estimate of drug-likeness (QED) is 0.0631. The van der Waals surface area contributed by atoms with Gasteiger partial charge in [0.25, 0.3) is 0 Å². The van der Waals surface area contributed by atoms with Crippen molar-refractivity contribution < 1.29 is 360 Å². The zero-order chi connectivity index (χ0) is 86.7. The van der Waals surface area contributed by atoms with Gasteiger partial charge < -0.3 is 143 Å². The molecule has 127 heavy (non-hydrogen) atoms. The van der Waals surface area contributed by atoms with Gasteiger partial charge in [0.05, 0.1) is 45.8 Å². The van der Waals surface area contributed by atoms with Crippen molar-refractivity contribution >= 4 is 99.4 Å². The van der Waals surface area contributed by atoms with Gasteiger partial charge in [0.15, 0.2) is 0 Å². The fourth-order valence-electron chi connectivity index (χ4n) is 7.84. The van der Waals surface area contributed by atoms with E-state index >= 15 is 0 Å². The summed E-state index contributed by atoms with van der Waals surface area (Å²) < 4.78 is 3.90. The Morgan fingerprint density at radius 1 is 0.299 bits per heavy atom. The summed E-state index contributed by atoms with van der Waals surface area (Å²) in [4.78, 5) is 57.2. The van der Waals surface area contributed by atoms with E-state index in [-0.39, 0.29) is 360 Å². The number of fused-ring (bicyclic) bond motifs is 5. The Kier molecular flexibility index (Phi) is 104. The Bertz CT molecular complexity index is 4620. The van der Waals surface area contributed by atoms with Gasteiger partial charge in [-0.1, -0.05) is 97.1 Å². The zero-order valence-electron chi connectivity index (χ0n) is 73.2. The standard InChI is InChI=1S/2C9H7N.C8H8N2.2C8H6N2.2C8H6.C7H5N.C5H5N.C4H6N2.3C4H4N2.2C4H4.C3H3N.C2H2N2.7K/c1-2-6-9-8(4-1)5-3-7-10-9;1-2-4-9-7-10-6-5-8(9)3-1;1-10-6-9-7-4-2-3-5-8(7)10;1-2-4-8-7(3-1)5-9-6-10-8;1-2-4-8-7(3-1)9-5-6-10-8;2*1-2-8-6-4-3-5-7-8;1-8-7-5-3-2-4-6-7;1-2-4-6-5-3-1;1-6-3-2-5-4-6;1-2-6-4-3-5-1;1-2-5-4-6-3-1;1-2-4-6-5-3-1;4*1-3-4-2;;;;;;;/h2*1-7H;2-6H,1H3;2*1-6H;2*1-6H;1-5H;1-5H;2-4H,1H3;3*1-4H;2*1-4H;1-3H;1-2H;;;;;;;/q;;;;;3*-2;;;;;;4*-2;7*+1. The molecule has 18 aromatic rings. The second-order valence-corrected chi connectivity index (χ2v) is 21.5. The van der Waals surface area contributed by atoms with Crippen LogP contribution in [0.25, 0.3) is 66.8 Å². The maximum absolute atomic E-state index is 5.19. The molecular formula is C99H87K7N21-7. The predicted molar refractivity (Wildman–Crippen MR) is 488 cm³/mol. The number of aliphatic imine (C=N–C) groups is 2. The third kappa shape index (κ3) is 73.8. The van der Waals surface area contributed by atoms with E-state index in [9.17, 15) is 0 Å². The van der Waals surface area contributed by atoms with Gasteiger partial charge >= 0.3 is 360 Å². The number of imidazole rings is 2. The van der Waals surface area contributed by atoms with Gasteiger partial charge in [0.2, 0.25) is 0 Å². The fraction of sp³-hybridized carbons (Fsp3) is 0.0202. The molecule has 0 saturated carbocycles. The molecule has 10 heterocycles. The summed E-state index contributed by atoms with van der Waals surface area (Å²) in [7, 11) is 3.93. The first-order chi connectivity index (χ1) is 59.1. The number of hydrogen-bond donors (Lipinski definition) is 0. The van der Waals surface area contributed by atoms with Gasteiger partial charge in [-0.15, -0.1) is 12.1 Å². The molecule has 0 fully saturated rings. The van der Waals surface area contributed by atoms with Gasteiger partial charge in [-0.25, -0.2) is 65.9 Å². The topological polar surface area (TPSA) is 253 Å². The summed E-state index contributed by atoms with van der Waals surface area (Å²) in [6.45, 7) is 52.0. The number of aromatic nitrogens is 17. The molecule has 0 amide bonds. The molecule has 0 spiro atoms. The van der Waals surface area contributed by atoms with E-state index in [0.29, 0.717) is 5.69 Å². The maximum atomic E-state index is 5.19. The van der Waals surface area contributed by atoms with E-state index in [1.54, 1.807) is 111 Å². The SMILES string of the molecule is Cn1ccnc1.Cn1cnc2ccccc21.[CH-]=CC=[CH-].[CH-]=CC=[CH-].[CH-]=CN=[CH-].[CH-]=Cc1[c-]cccc1.[CH-]=Cc1[c-]cccc1.[CH-]=NN=[CH-].[CH-]=Nc1[c-]cccc1.[K+].[K+].[K+].[K+].[K+].[K+].[K+].c1ccc2cnccc2c1.c1ccc2ncccc2c1.c1ccc2nccnc2c1.c1ccc2ncncc2c1.c1ccncc1.c1ccnnc1.c1cnccn1.c1cncnc1. The third-order valence-corrected chi connectivity index (χ3v) is 13.2. The Balaban J connectivity index is -0.000000308. The zero-order valence-corrected chi connectivity index (χ0v) is 95.0. The minimum Gasteiger partial charge on any atom is -0.601 e. The molecule has 18 rings (SSSR count). The number of rotatable bonds is 7. The van der Waals surface area contributed by atoms with Crippen molar-refractivity contribution in [2.24, 2.45) is 34.3 Å². The van der Waals surface area contributed by atoms with E-state index < -0.39 is 0 Å². The monoisotopic (exact) mass is 1840 g/mol. The molecule has 28 heteroatoms. The summed E-state index contributed by atoms with van der Waals surface area (Å²) in [6, 6.07) is 88.4. The van der Waals surface area contributed by atoms with Crippen LogP contribution in [0, 0.1) is 64.3 Å². The number of aryl methyl sites for hydroxylation is 2. The molecule has 0 aliphatic carbocycles. The van der Waals surface area contributed by atoms with Crippen LogP contribution in [0.3, 0.4) is 0 Å². The van der Waals surface area contributed by atoms with Crippen LogP contribution in [-0.2, 0) is 14.1 Å². The average molecular weight is 1840 g/mol. The first kappa shape index (κ1) is 132. The summed E-state index contributed by atoms with van der Waals surface area (Å²) in [5, 5.41) is 17.1. The van der Waals surface area contributed by atoms with Crippen LogP contribution in [-0.4, -0.2) is 111 Å². The van der Waals surface area contributed by atoms with E-state index in [1.165, 1.54) is 64.5 Å². The second-order valence-electron chi connectivity index (χ2n) is 21.5. The molecule has 0 bridgehead atoms. The minimum absolute atomic E-state index is 0. The van der Waals surface area contributed by atoms with Crippen molar-refractivity contribution in [1.29, 1.82) is 0 Å². The molecule has 602 valence electrons. The Morgan fingerprint density at radius 3 is 1.06 bits per heavy atom. The molecule has 0 N–H and O–H groups in total. The first-order valence-corrected chi connectivity index (χ1v) is 35.5. The van der Waals surface area contributed by atoms with Crippen LogP contribution >= 0.6 is 0 Å². The summed E-state index contributed by atoms with van der Waals surface area (Å²) in [5.74, 6) is 0. The molecule has 8 aromatic carbocycles. The van der Waals surface area contributed by atoms with Gasteiger partial charge in [0.1, 0.15) is 12.7 Å². The van der Waals surface area contributed by atoms with Gasteiger partial charge in [-0.3, -0.25) is 41.0 Å². The average Bonchev–Trinajstić information content (AvgIpc) is 1.25. The minimum atomic E-state index is 0. The smallest absolute Gasteiger partial charge is 0.601 e. The molecule has 21 nitrogen and oxygen atoms in total. The maximum Gasteiger partial charge on any atom is 1.00 e. The summed E-state index contributed by atoms with van der Waals surface area (Å²) in [5.41, 5.74) is 8.76. The number of pyridine rings is 3. The number of allylic oxidation sites excluding steroid dienone is 4. The van der Waals surface area contributed by atoms with E-state index in [1.807, 2.05) is 261 Å². The van der Waals surface area contributed by atoms with Crippen LogP contribution in [0.2, 0.25) is 0 Å². The number of benzene rings is 8. The molecule has 0 radical (unpaired) electrons. The van der Waals surface area contributed by atoms with E-state index in [2.05, 4.69) is 170 Å². The predicted octanol–water partition coefficient (Wildman–Crippen LogP) is -0.679. The molecule has 0 unspecified atom stereocenters. The van der Waals surface area contributed by atoms with Crippen LogP contribution in [0.1, 0.15) is 11.1 Å². The summed E-state index contributed by atoms with van der Waals surface area (Å²) in [6.07, 6.45) is 46.9. The number of nitrogens with zero attached hydrogens (tertiary/aromatic N) is 21. The van der Waals surface area contributed by atoms with E-state index in [0.717, 1.165) is 50.3 Å². The van der Waals surface area contributed by atoms with Crippen molar-refractivity contribution in [3.8, 4) is 0 Å². The number of hydrogen-bond acceptors (Lipinski definition) is 19. The third-order valence-electron chi connectivity index (χ3n) is 13.2. The van der Waals surface area contributed by atoms with E-state index in [4.69, 9.17) is 46.2 Å². The molecule has 0 aliphatic rings. The van der Waals surface area contributed by atoms with Crippen molar-refractivity contribution in [1.82, 2.24) is 84.1 Å². The van der Waals surface area contributed by atoms with Crippen molar-refractivity contribution in [2.75, 3.05) is 0 Å². The number of para-hydroxylation sites is 7. The largest absolute Gasteiger partial charge is 1.00 e. The van der Waals surface area contributed by atoms with Crippen molar-refractivity contribution in [3.05, 3.63) is 491 Å². The Morgan fingerprint density at radius 2 is 0.724 bits per heavy atom. The Labute approximate surface area is 1050 Å². The molecule has 0 aliphatic heterocycles. The van der Waals surface area contributed by atoms with Crippen LogP contribution in [0.5, 0.6) is 0 Å². The normalized spacial score (nSPS) is 8.14. The van der Waals surface area contributed by atoms with Crippen molar-refractivity contribution in [3.63, 3.8) is 0 Å². The fourth-order valence-corrected chi connectivity index (χ4v) is 7.84. The molecule has 0 atom stereocenters. The first-order valence-electron chi connectivity index (χ1n) is 35.5. The van der Waals surface area contributed by atoms with Gasteiger partial charge in [0, 0.05) is 136 Å². The van der Waals surface area contributed by atoms with Gasteiger partial charge in [-0.2, -0.15) is 66.1 Å². The van der Waals surface area contributed by atoms with Crippen LogP contribution < -0.4 is 360 Å².